The summed E-state index contributed by atoms with van der Waals surface area (Å²) in [4.78, 5) is 16.6. The monoisotopic (exact) mass is 389 g/mol. The highest BCUT2D eigenvalue weighted by Crippen LogP contribution is 2.29. The van der Waals surface area contributed by atoms with Crippen molar-refractivity contribution >= 4 is 40.6 Å². The minimum atomic E-state index is -0.332. The second kappa shape index (κ2) is 8.17. The fraction of sp³-hybridized carbons (Fsp3) is 0.0526. The van der Waals surface area contributed by atoms with Crippen molar-refractivity contribution in [2.75, 3.05) is 10.6 Å². The average Bonchev–Trinajstić information content (AvgIpc) is 2.65. The van der Waals surface area contributed by atoms with E-state index in [0.717, 1.165) is 5.56 Å². The summed E-state index contributed by atoms with van der Waals surface area (Å²) < 4.78 is 12.9. The van der Waals surface area contributed by atoms with Crippen molar-refractivity contribution in [2.45, 2.75) is 6.54 Å². The SMILES string of the molecule is O=C(Nc1cccc(Cl)c1Cl)c1ccnc(NCc2ccc(F)cc2)c1. The fourth-order valence-corrected chi connectivity index (χ4v) is 2.61. The first-order valence-electron chi connectivity index (χ1n) is 7.72. The van der Waals surface area contributed by atoms with Crippen LogP contribution in [0.4, 0.5) is 15.9 Å². The molecular weight excluding hydrogens is 376 g/mol. The number of amides is 1. The summed E-state index contributed by atoms with van der Waals surface area (Å²) >= 11 is 12.0. The first kappa shape index (κ1) is 18.2. The summed E-state index contributed by atoms with van der Waals surface area (Å²) in [7, 11) is 0. The summed E-state index contributed by atoms with van der Waals surface area (Å²) in [6.45, 7) is 0.457. The van der Waals surface area contributed by atoms with Gasteiger partial charge in [-0.3, -0.25) is 4.79 Å². The zero-order valence-corrected chi connectivity index (χ0v) is 15.0. The minimum Gasteiger partial charge on any atom is -0.366 e. The van der Waals surface area contributed by atoms with Gasteiger partial charge >= 0.3 is 0 Å². The van der Waals surface area contributed by atoms with E-state index in [1.165, 1.54) is 18.3 Å². The Morgan fingerprint density at radius 3 is 2.62 bits per heavy atom. The van der Waals surface area contributed by atoms with Crippen molar-refractivity contribution in [1.82, 2.24) is 4.98 Å². The number of nitrogens with one attached hydrogen (secondary N) is 2. The molecule has 2 N–H and O–H groups in total. The van der Waals surface area contributed by atoms with Crippen molar-refractivity contribution < 1.29 is 9.18 Å². The maximum atomic E-state index is 12.9. The summed E-state index contributed by atoms with van der Waals surface area (Å²) in [5, 5.41) is 6.47. The first-order chi connectivity index (χ1) is 12.5. The van der Waals surface area contributed by atoms with Crippen LogP contribution in [-0.2, 0) is 6.54 Å². The number of pyridine rings is 1. The highest BCUT2D eigenvalue weighted by atomic mass is 35.5. The van der Waals surface area contributed by atoms with Gasteiger partial charge in [-0.05, 0) is 42.0 Å². The van der Waals surface area contributed by atoms with Crippen molar-refractivity contribution in [3.63, 3.8) is 0 Å². The highest BCUT2D eigenvalue weighted by molar-refractivity contribution is 6.44. The van der Waals surface area contributed by atoms with E-state index in [1.807, 2.05) is 0 Å². The number of hydrogen-bond acceptors (Lipinski definition) is 3. The zero-order valence-electron chi connectivity index (χ0n) is 13.5. The molecule has 0 aliphatic carbocycles. The average molecular weight is 390 g/mol. The van der Waals surface area contributed by atoms with Gasteiger partial charge in [0.1, 0.15) is 11.6 Å². The van der Waals surface area contributed by atoms with Gasteiger partial charge in [-0.15, -0.1) is 0 Å². The number of carbonyl (C=O) groups excluding carboxylic acids is 1. The van der Waals surface area contributed by atoms with Crippen LogP contribution in [-0.4, -0.2) is 10.9 Å². The lowest BCUT2D eigenvalue weighted by Crippen LogP contribution is -2.13. The number of carbonyl (C=O) groups is 1. The maximum Gasteiger partial charge on any atom is 0.255 e. The van der Waals surface area contributed by atoms with Crippen LogP contribution in [0.3, 0.4) is 0 Å². The van der Waals surface area contributed by atoms with Crippen LogP contribution >= 0.6 is 23.2 Å². The van der Waals surface area contributed by atoms with Gasteiger partial charge in [0.2, 0.25) is 0 Å². The molecule has 4 nitrogen and oxygen atoms in total. The van der Waals surface area contributed by atoms with E-state index in [4.69, 9.17) is 23.2 Å². The second-order valence-electron chi connectivity index (χ2n) is 5.47. The second-order valence-corrected chi connectivity index (χ2v) is 6.25. The summed E-state index contributed by atoms with van der Waals surface area (Å²) in [6, 6.07) is 14.4. The lowest BCUT2D eigenvalue weighted by molar-refractivity contribution is 0.102. The molecule has 0 fully saturated rings. The molecule has 132 valence electrons. The van der Waals surface area contributed by atoms with E-state index in [1.54, 1.807) is 42.5 Å². The predicted molar refractivity (Wildman–Crippen MR) is 102 cm³/mol. The standard InChI is InChI=1S/C19H14Cl2FN3O/c20-15-2-1-3-16(18(15)21)25-19(26)13-8-9-23-17(10-13)24-11-12-4-6-14(22)7-5-12/h1-10H,11H2,(H,23,24)(H,25,26). The Morgan fingerprint density at radius 1 is 1.08 bits per heavy atom. The molecule has 2 aromatic carbocycles. The Balaban J connectivity index is 1.69. The van der Waals surface area contributed by atoms with Crippen LogP contribution in [0.5, 0.6) is 0 Å². The van der Waals surface area contributed by atoms with Crippen molar-refractivity contribution in [3.8, 4) is 0 Å². The number of rotatable bonds is 5. The van der Waals surface area contributed by atoms with Gasteiger partial charge in [0.15, 0.2) is 0 Å². The normalized spacial score (nSPS) is 10.4. The van der Waals surface area contributed by atoms with Crippen LogP contribution < -0.4 is 10.6 Å². The third-order valence-electron chi connectivity index (χ3n) is 3.61. The van der Waals surface area contributed by atoms with Gasteiger partial charge in [-0.1, -0.05) is 41.4 Å². The van der Waals surface area contributed by atoms with E-state index >= 15 is 0 Å². The highest BCUT2D eigenvalue weighted by Gasteiger charge is 2.11. The number of halogens is 3. The molecule has 1 amide bonds. The summed E-state index contributed by atoms with van der Waals surface area (Å²) in [5.74, 6) is -0.0919. The van der Waals surface area contributed by atoms with Crippen LogP contribution in [0.2, 0.25) is 10.0 Å². The minimum absolute atomic E-state index is 0.284. The van der Waals surface area contributed by atoms with Gasteiger partial charge in [0.25, 0.3) is 5.91 Å². The topological polar surface area (TPSA) is 54.0 Å². The van der Waals surface area contributed by atoms with Crippen molar-refractivity contribution in [3.05, 3.63) is 87.8 Å². The van der Waals surface area contributed by atoms with Crippen molar-refractivity contribution in [2.24, 2.45) is 0 Å². The van der Waals surface area contributed by atoms with Crippen LogP contribution in [0.15, 0.2) is 60.8 Å². The number of hydrogen-bond donors (Lipinski definition) is 2. The maximum absolute atomic E-state index is 12.9. The molecule has 0 unspecified atom stereocenters. The molecule has 0 aliphatic heterocycles. The van der Waals surface area contributed by atoms with Crippen molar-refractivity contribution in [1.29, 1.82) is 0 Å². The number of anilines is 2. The molecule has 7 heteroatoms. The van der Waals surface area contributed by atoms with E-state index in [-0.39, 0.29) is 16.7 Å². The fourth-order valence-electron chi connectivity index (χ4n) is 2.26. The lowest BCUT2D eigenvalue weighted by Gasteiger charge is -2.10. The molecule has 0 saturated carbocycles. The quantitative estimate of drug-likeness (QED) is 0.614. The van der Waals surface area contributed by atoms with E-state index in [9.17, 15) is 9.18 Å². The Bertz CT molecular complexity index is 932. The smallest absolute Gasteiger partial charge is 0.255 e. The van der Waals surface area contributed by atoms with E-state index in [0.29, 0.717) is 28.6 Å². The molecule has 3 rings (SSSR count). The van der Waals surface area contributed by atoms with E-state index in [2.05, 4.69) is 15.6 Å². The van der Waals surface area contributed by atoms with Gasteiger partial charge in [0, 0.05) is 18.3 Å². The molecule has 1 heterocycles. The van der Waals surface area contributed by atoms with Gasteiger partial charge in [0.05, 0.1) is 15.7 Å². The molecule has 0 radical (unpaired) electrons. The first-order valence-corrected chi connectivity index (χ1v) is 8.48. The number of benzene rings is 2. The van der Waals surface area contributed by atoms with Gasteiger partial charge in [-0.25, -0.2) is 9.37 Å². The lowest BCUT2D eigenvalue weighted by atomic mass is 10.2. The Morgan fingerprint density at radius 2 is 1.85 bits per heavy atom. The van der Waals surface area contributed by atoms with E-state index < -0.39 is 0 Å². The molecule has 26 heavy (non-hydrogen) atoms. The molecule has 0 bridgehead atoms. The van der Waals surface area contributed by atoms with Crippen LogP contribution in [0.1, 0.15) is 15.9 Å². The predicted octanol–water partition coefficient (Wildman–Crippen LogP) is 5.39. The number of nitrogens with zero attached hydrogens (tertiary/aromatic N) is 1. The van der Waals surface area contributed by atoms with Crippen LogP contribution in [0.25, 0.3) is 0 Å². The molecule has 0 atom stereocenters. The molecular formula is C19H14Cl2FN3O. The summed E-state index contributed by atoms with van der Waals surface area (Å²) in [5.41, 5.74) is 1.74. The Labute approximate surface area is 160 Å². The van der Waals surface area contributed by atoms with Gasteiger partial charge < -0.3 is 10.6 Å². The number of aromatic nitrogens is 1. The molecule has 3 aromatic rings. The Hall–Kier alpha value is -2.63. The molecule has 0 saturated heterocycles. The van der Waals surface area contributed by atoms with Gasteiger partial charge in [-0.2, -0.15) is 0 Å². The largest absolute Gasteiger partial charge is 0.366 e. The Kier molecular flexibility index (Phi) is 5.71. The summed E-state index contributed by atoms with van der Waals surface area (Å²) in [6.07, 6.45) is 1.53. The third kappa shape index (κ3) is 4.50. The molecule has 0 spiro atoms. The molecule has 0 aliphatic rings. The molecule has 1 aromatic heterocycles. The third-order valence-corrected chi connectivity index (χ3v) is 4.43. The van der Waals surface area contributed by atoms with Crippen LogP contribution in [0, 0.1) is 5.82 Å². The zero-order chi connectivity index (χ0) is 18.5.